The standard InChI is InChI=1S/C16H12N4O2/c1-22-16(21)11-6-4-8-13-14(11)17-9-20(13)15-10-5-2-3-7-12(10)18-19-15/h2-9H,1H3,(H,18,19). The van der Waals surface area contributed by atoms with E-state index < -0.39 is 5.97 Å². The molecule has 6 nitrogen and oxygen atoms in total. The summed E-state index contributed by atoms with van der Waals surface area (Å²) < 4.78 is 6.67. The fourth-order valence-electron chi connectivity index (χ4n) is 2.62. The number of carbonyl (C=O) groups excluding carboxylic acids is 1. The molecular formula is C16H12N4O2. The van der Waals surface area contributed by atoms with E-state index in [1.807, 2.05) is 41.0 Å². The van der Waals surface area contributed by atoms with E-state index >= 15 is 0 Å². The number of benzene rings is 2. The average Bonchev–Trinajstić information content (AvgIpc) is 3.17. The van der Waals surface area contributed by atoms with Gasteiger partial charge < -0.3 is 4.74 Å². The van der Waals surface area contributed by atoms with Gasteiger partial charge in [-0.1, -0.05) is 18.2 Å². The highest BCUT2D eigenvalue weighted by atomic mass is 16.5. The number of nitrogens with zero attached hydrogens (tertiary/aromatic N) is 3. The molecule has 2 aromatic carbocycles. The first-order chi connectivity index (χ1) is 10.8. The molecule has 0 atom stereocenters. The highest BCUT2D eigenvalue weighted by Gasteiger charge is 2.16. The average molecular weight is 292 g/mol. The molecule has 0 saturated carbocycles. The van der Waals surface area contributed by atoms with Gasteiger partial charge in [0.15, 0.2) is 5.82 Å². The number of rotatable bonds is 2. The van der Waals surface area contributed by atoms with Crippen molar-refractivity contribution in [3.63, 3.8) is 0 Å². The second kappa shape index (κ2) is 4.70. The number of esters is 1. The Bertz CT molecular complexity index is 1000. The summed E-state index contributed by atoms with van der Waals surface area (Å²) in [5, 5.41) is 8.35. The molecule has 1 N–H and O–H groups in total. The van der Waals surface area contributed by atoms with Crippen molar-refractivity contribution in [2.75, 3.05) is 7.11 Å². The summed E-state index contributed by atoms with van der Waals surface area (Å²) in [5.41, 5.74) is 2.80. The van der Waals surface area contributed by atoms with Crippen molar-refractivity contribution in [3.05, 3.63) is 54.4 Å². The van der Waals surface area contributed by atoms with E-state index in [4.69, 9.17) is 4.74 Å². The van der Waals surface area contributed by atoms with Crippen molar-refractivity contribution < 1.29 is 9.53 Å². The fraction of sp³-hybridized carbons (Fsp3) is 0.0625. The molecule has 2 heterocycles. The lowest BCUT2D eigenvalue weighted by atomic mass is 10.2. The largest absolute Gasteiger partial charge is 0.465 e. The molecule has 0 aliphatic heterocycles. The van der Waals surface area contributed by atoms with Crippen molar-refractivity contribution >= 4 is 27.9 Å². The predicted molar refractivity (Wildman–Crippen MR) is 82.1 cm³/mol. The molecule has 0 radical (unpaired) electrons. The van der Waals surface area contributed by atoms with Crippen LogP contribution < -0.4 is 0 Å². The first kappa shape index (κ1) is 12.6. The fourth-order valence-corrected chi connectivity index (χ4v) is 2.62. The molecule has 6 heteroatoms. The Hall–Kier alpha value is -3.15. The highest BCUT2D eigenvalue weighted by Crippen LogP contribution is 2.25. The molecule has 0 aliphatic rings. The lowest BCUT2D eigenvalue weighted by molar-refractivity contribution is 0.0603. The van der Waals surface area contributed by atoms with Crippen molar-refractivity contribution in [2.45, 2.75) is 0 Å². The lowest BCUT2D eigenvalue weighted by Crippen LogP contribution is -2.02. The predicted octanol–water partition coefficient (Wildman–Crippen LogP) is 2.69. The SMILES string of the molecule is COC(=O)c1cccc2c1ncn2-c1n[nH]c2ccccc12. The first-order valence-electron chi connectivity index (χ1n) is 6.77. The van der Waals surface area contributed by atoms with E-state index in [0.717, 1.165) is 22.2 Å². The molecule has 0 unspecified atom stereocenters. The van der Waals surface area contributed by atoms with Crippen LogP contribution in [0.15, 0.2) is 48.8 Å². The zero-order valence-electron chi connectivity index (χ0n) is 11.8. The van der Waals surface area contributed by atoms with Gasteiger partial charge in [0, 0.05) is 5.39 Å². The number of hydrogen-bond donors (Lipinski definition) is 1. The number of para-hydroxylation sites is 2. The molecule has 4 aromatic rings. The molecule has 0 bridgehead atoms. The second-order valence-corrected chi connectivity index (χ2v) is 4.87. The third-order valence-electron chi connectivity index (χ3n) is 3.66. The Kier molecular flexibility index (Phi) is 2.69. The number of nitrogens with one attached hydrogen (secondary N) is 1. The zero-order chi connectivity index (χ0) is 15.1. The van der Waals surface area contributed by atoms with E-state index in [1.54, 1.807) is 12.4 Å². The third kappa shape index (κ3) is 1.70. The molecule has 0 spiro atoms. The maximum absolute atomic E-state index is 11.8. The molecule has 0 amide bonds. The van der Waals surface area contributed by atoms with Crippen LogP contribution in [-0.4, -0.2) is 32.8 Å². The van der Waals surface area contributed by atoms with Gasteiger partial charge in [0.05, 0.1) is 23.7 Å². The van der Waals surface area contributed by atoms with E-state index in [2.05, 4.69) is 15.2 Å². The summed E-state index contributed by atoms with van der Waals surface area (Å²) in [7, 11) is 1.36. The minimum atomic E-state index is -0.400. The van der Waals surface area contributed by atoms with Crippen LogP contribution in [0.3, 0.4) is 0 Å². The van der Waals surface area contributed by atoms with E-state index in [1.165, 1.54) is 7.11 Å². The Morgan fingerprint density at radius 2 is 2.05 bits per heavy atom. The monoisotopic (exact) mass is 292 g/mol. The van der Waals surface area contributed by atoms with Gasteiger partial charge in [0.2, 0.25) is 0 Å². The highest BCUT2D eigenvalue weighted by molar-refractivity contribution is 6.02. The van der Waals surface area contributed by atoms with E-state index in [9.17, 15) is 4.79 Å². The van der Waals surface area contributed by atoms with Gasteiger partial charge in [0.1, 0.15) is 11.8 Å². The molecular weight excluding hydrogens is 280 g/mol. The number of aromatic amines is 1. The van der Waals surface area contributed by atoms with Crippen LogP contribution in [-0.2, 0) is 4.74 Å². The van der Waals surface area contributed by atoms with Gasteiger partial charge in [-0.05, 0) is 24.3 Å². The van der Waals surface area contributed by atoms with Crippen LogP contribution in [0.4, 0.5) is 0 Å². The van der Waals surface area contributed by atoms with Gasteiger partial charge in [-0.2, -0.15) is 5.10 Å². The van der Waals surface area contributed by atoms with E-state index in [0.29, 0.717) is 11.1 Å². The van der Waals surface area contributed by atoms with Crippen molar-refractivity contribution in [2.24, 2.45) is 0 Å². The van der Waals surface area contributed by atoms with Gasteiger partial charge in [0.25, 0.3) is 0 Å². The number of hydrogen-bond acceptors (Lipinski definition) is 4. The summed E-state index contributed by atoms with van der Waals surface area (Å²) in [6.45, 7) is 0. The maximum Gasteiger partial charge on any atom is 0.340 e. The summed E-state index contributed by atoms with van der Waals surface area (Å²) in [5.74, 6) is 0.350. The van der Waals surface area contributed by atoms with Crippen LogP contribution in [0.25, 0.3) is 27.8 Å². The molecule has 0 aliphatic carbocycles. The molecule has 108 valence electrons. The Balaban J connectivity index is 1.99. The van der Waals surface area contributed by atoms with Crippen LogP contribution in [0, 0.1) is 0 Å². The number of methoxy groups -OCH3 is 1. The number of ether oxygens (including phenoxy) is 1. The number of carbonyl (C=O) groups is 1. The Labute approximate surface area is 125 Å². The minimum Gasteiger partial charge on any atom is -0.465 e. The summed E-state index contributed by atoms with van der Waals surface area (Å²) in [6, 6.07) is 13.3. The zero-order valence-corrected chi connectivity index (χ0v) is 11.8. The van der Waals surface area contributed by atoms with Crippen LogP contribution in [0.5, 0.6) is 0 Å². The smallest absolute Gasteiger partial charge is 0.340 e. The Morgan fingerprint density at radius 3 is 2.91 bits per heavy atom. The van der Waals surface area contributed by atoms with Gasteiger partial charge in [-0.25, -0.2) is 9.78 Å². The normalized spacial score (nSPS) is 11.1. The van der Waals surface area contributed by atoms with Gasteiger partial charge >= 0.3 is 5.97 Å². The first-order valence-corrected chi connectivity index (χ1v) is 6.77. The minimum absolute atomic E-state index is 0.400. The Morgan fingerprint density at radius 1 is 1.18 bits per heavy atom. The molecule has 2 aromatic heterocycles. The second-order valence-electron chi connectivity index (χ2n) is 4.87. The third-order valence-corrected chi connectivity index (χ3v) is 3.66. The summed E-state index contributed by atoms with van der Waals surface area (Å²) >= 11 is 0. The number of aromatic nitrogens is 4. The maximum atomic E-state index is 11.8. The summed E-state index contributed by atoms with van der Waals surface area (Å²) in [4.78, 5) is 16.2. The van der Waals surface area contributed by atoms with E-state index in [-0.39, 0.29) is 0 Å². The molecule has 0 saturated heterocycles. The van der Waals surface area contributed by atoms with Crippen LogP contribution >= 0.6 is 0 Å². The molecule has 22 heavy (non-hydrogen) atoms. The molecule has 4 rings (SSSR count). The summed E-state index contributed by atoms with van der Waals surface area (Å²) in [6.07, 6.45) is 1.67. The lowest BCUT2D eigenvalue weighted by Gasteiger charge is -2.03. The topological polar surface area (TPSA) is 72.8 Å². The number of H-pyrrole nitrogens is 1. The van der Waals surface area contributed by atoms with Crippen molar-refractivity contribution in [1.82, 2.24) is 19.7 Å². The number of imidazole rings is 1. The van der Waals surface area contributed by atoms with Gasteiger partial charge in [-0.3, -0.25) is 9.67 Å². The van der Waals surface area contributed by atoms with Crippen molar-refractivity contribution in [1.29, 1.82) is 0 Å². The van der Waals surface area contributed by atoms with Crippen LogP contribution in [0.2, 0.25) is 0 Å². The molecule has 0 fully saturated rings. The van der Waals surface area contributed by atoms with Crippen LogP contribution in [0.1, 0.15) is 10.4 Å². The quantitative estimate of drug-likeness (QED) is 0.576. The van der Waals surface area contributed by atoms with Crippen molar-refractivity contribution in [3.8, 4) is 5.82 Å². The number of fused-ring (bicyclic) bond motifs is 2. The van der Waals surface area contributed by atoms with Gasteiger partial charge in [-0.15, -0.1) is 0 Å².